The van der Waals surface area contributed by atoms with Crippen molar-refractivity contribution in [3.8, 4) is 5.75 Å². The molecule has 1 aromatic heterocycles. The van der Waals surface area contributed by atoms with Crippen molar-refractivity contribution >= 4 is 35.6 Å². The summed E-state index contributed by atoms with van der Waals surface area (Å²) >= 11 is 6.05. The summed E-state index contributed by atoms with van der Waals surface area (Å²) in [7, 11) is 0. The number of benzene rings is 1. The van der Waals surface area contributed by atoms with Gasteiger partial charge in [-0.05, 0) is 50.1 Å². The van der Waals surface area contributed by atoms with E-state index in [0.29, 0.717) is 34.8 Å². The summed E-state index contributed by atoms with van der Waals surface area (Å²) in [5.41, 5.74) is 0.937. The average Bonchev–Trinajstić information content (AvgIpc) is 3.12. The molecule has 3 rings (SSSR count). The normalized spacial score (nSPS) is 16.6. The van der Waals surface area contributed by atoms with Crippen molar-refractivity contribution < 1.29 is 9.53 Å². The molecule has 1 fully saturated rings. The molecule has 1 atom stereocenters. The van der Waals surface area contributed by atoms with Crippen molar-refractivity contribution in [2.75, 3.05) is 25.0 Å². The summed E-state index contributed by atoms with van der Waals surface area (Å²) in [5.74, 6) is 0.335. The summed E-state index contributed by atoms with van der Waals surface area (Å²) in [5, 5.41) is 11.2. The number of carbonyl (C=O) groups excluding carboxylic acids is 1. The Morgan fingerprint density at radius 2 is 2.31 bits per heavy atom. The van der Waals surface area contributed by atoms with Crippen LogP contribution in [0.15, 0.2) is 30.5 Å². The molecule has 0 saturated carbocycles. The molecule has 8 heteroatoms. The smallest absolute Gasteiger partial charge is 0.276 e. The number of nitrogens with one attached hydrogen (secondary N) is 2. The van der Waals surface area contributed by atoms with Crippen LogP contribution in [0.2, 0.25) is 5.02 Å². The first-order valence-corrected chi connectivity index (χ1v) is 9.04. The van der Waals surface area contributed by atoms with E-state index in [2.05, 4.69) is 15.7 Å². The van der Waals surface area contributed by atoms with Gasteiger partial charge in [0.15, 0.2) is 5.69 Å². The van der Waals surface area contributed by atoms with E-state index in [-0.39, 0.29) is 18.3 Å². The second-order valence-corrected chi connectivity index (χ2v) is 6.56. The molecule has 1 saturated heterocycles. The van der Waals surface area contributed by atoms with Crippen molar-refractivity contribution in [1.82, 2.24) is 15.1 Å². The van der Waals surface area contributed by atoms with Crippen molar-refractivity contribution in [3.05, 3.63) is 41.2 Å². The van der Waals surface area contributed by atoms with Gasteiger partial charge in [0.1, 0.15) is 5.75 Å². The molecule has 0 spiro atoms. The van der Waals surface area contributed by atoms with Crippen LogP contribution in [0.25, 0.3) is 0 Å². The topological polar surface area (TPSA) is 68.2 Å². The highest BCUT2D eigenvalue weighted by molar-refractivity contribution is 6.31. The SMILES string of the molecule is CCCOc1ccc(Cl)cc1NC(=O)c1ccn(C2CCCNC2)n1.Cl. The predicted molar refractivity (Wildman–Crippen MR) is 106 cm³/mol. The van der Waals surface area contributed by atoms with E-state index in [1.807, 2.05) is 17.8 Å². The molecule has 0 bridgehead atoms. The molecule has 6 nitrogen and oxygen atoms in total. The molecule has 26 heavy (non-hydrogen) atoms. The van der Waals surface area contributed by atoms with Gasteiger partial charge in [0, 0.05) is 17.8 Å². The lowest BCUT2D eigenvalue weighted by molar-refractivity contribution is 0.102. The predicted octanol–water partition coefficient (Wildman–Crippen LogP) is 3.92. The van der Waals surface area contributed by atoms with Crippen molar-refractivity contribution in [2.24, 2.45) is 0 Å². The Kier molecular flexibility index (Phi) is 7.75. The minimum absolute atomic E-state index is 0. The van der Waals surface area contributed by atoms with Gasteiger partial charge < -0.3 is 15.4 Å². The van der Waals surface area contributed by atoms with E-state index < -0.39 is 0 Å². The number of aromatic nitrogens is 2. The lowest BCUT2D eigenvalue weighted by Crippen LogP contribution is -2.32. The first-order chi connectivity index (χ1) is 12.2. The van der Waals surface area contributed by atoms with Crippen LogP contribution in [0.3, 0.4) is 0 Å². The van der Waals surface area contributed by atoms with E-state index >= 15 is 0 Å². The lowest BCUT2D eigenvalue weighted by atomic mass is 10.1. The standard InChI is InChI=1S/C18H23ClN4O2.ClH/c1-2-10-25-17-6-5-13(19)11-16(17)21-18(24)15-7-9-23(22-15)14-4-3-8-20-12-14;/h5-7,9,11,14,20H,2-4,8,10,12H2,1H3,(H,21,24);1H. The molecule has 1 unspecified atom stereocenters. The third-order valence-corrected chi connectivity index (χ3v) is 4.37. The summed E-state index contributed by atoms with van der Waals surface area (Å²) in [6.45, 7) is 4.53. The Bertz CT molecular complexity index is 730. The Morgan fingerprint density at radius 1 is 1.46 bits per heavy atom. The Morgan fingerprint density at radius 3 is 3.04 bits per heavy atom. The number of carbonyl (C=O) groups is 1. The fourth-order valence-electron chi connectivity index (χ4n) is 2.85. The molecule has 2 N–H and O–H groups in total. The van der Waals surface area contributed by atoms with Gasteiger partial charge in [-0.1, -0.05) is 18.5 Å². The number of nitrogens with zero attached hydrogens (tertiary/aromatic N) is 2. The van der Waals surface area contributed by atoms with Crippen LogP contribution >= 0.6 is 24.0 Å². The number of piperidine rings is 1. The maximum Gasteiger partial charge on any atom is 0.276 e. The average molecular weight is 399 g/mol. The highest BCUT2D eigenvalue weighted by Crippen LogP contribution is 2.28. The summed E-state index contributed by atoms with van der Waals surface area (Å²) < 4.78 is 7.54. The van der Waals surface area contributed by atoms with E-state index in [0.717, 1.165) is 32.4 Å². The lowest BCUT2D eigenvalue weighted by Gasteiger charge is -2.22. The molecule has 0 radical (unpaired) electrons. The van der Waals surface area contributed by atoms with Gasteiger partial charge in [-0.3, -0.25) is 9.48 Å². The Labute approximate surface area is 164 Å². The van der Waals surface area contributed by atoms with Gasteiger partial charge in [0.25, 0.3) is 5.91 Å². The van der Waals surface area contributed by atoms with Crippen LogP contribution in [0.4, 0.5) is 5.69 Å². The number of anilines is 1. The molecule has 2 aromatic rings. The third kappa shape index (κ3) is 5.13. The van der Waals surface area contributed by atoms with E-state index in [1.165, 1.54) is 0 Å². The molecular weight excluding hydrogens is 375 g/mol. The zero-order valence-corrected chi connectivity index (χ0v) is 16.3. The number of hydrogen-bond acceptors (Lipinski definition) is 4. The first-order valence-electron chi connectivity index (χ1n) is 8.67. The summed E-state index contributed by atoms with van der Waals surface area (Å²) in [4.78, 5) is 12.5. The van der Waals surface area contributed by atoms with Crippen LogP contribution in [-0.2, 0) is 0 Å². The van der Waals surface area contributed by atoms with Gasteiger partial charge in [0.05, 0.1) is 18.3 Å². The van der Waals surface area contributed by atoms with Crippen molar-refractivity contribution in [3.63, 3.8) is 0 Å². The molecule has 1 aromatic carbocycles. The maximum absolute atomic E-state index is 12.5. The number of ether oxygens (including phenoxy) is 1. The van der Waals surface area contributed by atoms with Crippen LogP contribution in [0.1, 0.15) is 42.7 Å². The fraction of sp³-hybridized carbons (Fsp3) is 0.444. The van der Waals surface area contributed by atoms with E-state index in [9.17, 15) is 4.79 Å². The van der Waals surface area contributed by atoms with E-state index in [4.69, 9.17) is 16.3 Å². The van der Waals surface area contributed by atoms with Crippen molar-refractivity contribution in [2.45, 2.75) is 32.2 Å². The highest BCUT2D eigenvalue weighted by atomic mass is 35.5. The van der Waals surface area contributed by atoms with Crippen LogP contribution in [-0.4, -0.2) is 35.4 Å². The zero-order chi connectivity index (χ0) is 17.6. The van der Waals surface area contributed by atoms with Gasteiger partial charge >= 0.3 is 0 Å². The second-order valence-electron chi connectivity index (χ2n) is 6.12. The number of halogens is 2. The number of rotatable bonds is 6. The maximum atomic E-state index is 12.5. The molecule has 1 amide bonds. The Balaban J connectivity index is 0.00000243. The van der Waals surface area contributed by atoms with Gasteiger partial charge in [-0.25, -0.2) is 0 Å². The first kappa shape index (κ1) is 20.6. The molecule has 1 aliphatic rings. The summed E-state index contributed by atoms with van der Waals surface area (Å²) in [6, 6.07) is 7.23. The largest absolute Gasteiger partial charge is 0.491 e. The van der Waals surface area contributed by atoms with Gasteiger partial charge in [-0.15, -0.1) is 12.4 Å². The van der Waals surface area contributed by atoms with E-state index in [1.54, 1.807) is 24.3 Å². The molecule has 1 aliphatic heterocycles. The quantitative estimate of drug-likeness (QED) is 0.773. The molecular formula is C18H24Cl2N4O2. The van der Waals surface area contributed by atoms with Crippen LogP contribution in [0.5, 0.6) is 5.75 Å². The highest BCUT2D eigenvalue weighted by Gasteiger charge is 2.18. The summed E-state index contributed by atoms with van der Waals surface area (Å²) in [6.07, 6.45) is 4.93. The zero-order valence-electron chi connectivity index (χ0n) is 14.7. The minimum atomic E-state index is -0.272. The fourth-order valence-corrected chi connectivity index (χ4v) is 3.02. The van der Waals surface area contributed by atoms with Gasteiger partial charge in [-0.2, -0.15) is 5.10 Å². The van der Waals surface area contributed by atoms with Crippen molar-refractivity contribution in [1.29, 1.82) is 0 Å². The molecule has 142 valence electrons. The molecule has 2 heterocycles. The third-order valence-electron chi connectivity index (χ3n) is 4.14. The van der Waals surface area contributed by atoms with Crippen LogP contribution < -0.4 is 15.4 Å². The molecule has 0 aliphatic carbocycles. The number of amides is 1. The van der Waals surface area contributed by atoms with Crippen LogP contribution in [0, 0.1) is 0 Å². The number of hydrogen-bond donors (Lipinski definition) is 2. The monoisotopic (exact) mass is 398 g/mol. The Hall–Kier alpha value is -1.76. The minimum Gasteiger partial charge on any atom is -0.491 e. The van der Waals surface area contributed by atoms with Gasteiger partial charge in [0.2, 0.25) is 0 Å². The second kappa shape index (κ2) is 9.80.